The van der Waals surface area contributed by atoms with Crippen molar-refractivity contribution in [3.63, 3.8) is 0 Å². The van der Waals surface area contributed by atoms with E-state index in [4.69, 9.17) is 9.47 Å². The van der Waals surface area contributed by atoms with Crippen LogP contribution in [-0.4, -0.2) is 28.7 Å². The second-order valence-corrected chi connectivity index (χ2v) is 6.38. The first kappa shape index (κ1) is 14.9. The van der Waals surface area contributed by atoms with Crippen LogP contribution in [-0.2, 0) is 19.1 Å². The first-order chi connectivity index (χ1) is 10.5. The number of allylic oxidation sites excluding steroid dienone is 3. The van der Waals surface area contributed by atoms with Gasteiger partial charge in [-0.05, 0) is 30.6 Å². The Bertz CT molecular complexity index is 541. The van der Waals surface area contributed by atoms with Gasteiger partial charge in [-0.25, -0.2) is 9.59 Å². The summed E-state index contributed by atoms with van der Waals surface area (Å²) < 4.78 is 10.3. The molecular formula is C17H21NO4. The Labute approximate surface area is 130 Å². The van der Waals surface area contributed by atoms with E-state index < -0.39 is 17.7 Å². The van der Waals surface area contributed by atoms with Crippen molar-refractivity contribution in [3.05, 3.63) is 35.7 Å². The first-order valence-electron chi connectivity index (χ1n) is 7.81. The number of hydrogen-bond acceptors (Lipinski definition) is 5. The molecule has 2 aliphatic heterocycles. The molecule has 2 fully saturated rings. The summed E-state index contributed by atoms with van der Waals surface area (Å²) in [5, 5.41) is 0. The van der Waals surface area contributed by atoms with E-state index in [0.29, 0.717) is 11.6 Å². The molecule has 0 atom stereocenters. The van der Waals surface area contributed by atoms with Gasteiger partial charge in [0, 0.05) is 32.3 Å². The van der Waals surface area contributed by atoms with Crippen molar-refractivity contribution in [2.24, 2.45) is 0 Å². The molecule has 3 rings (SSSR count). The van der Waals surface area contributed by atoms with Crippen LogP contribution in [0.3, 0.4) is 0 Å². The Morgan fingerprint density at radius 2 is 1.55 bits per heavy atom. The summed E-state index contributed by atoms with van der Waals surface area (Å²) in [7, 11) is 0. The highest BCUT2D eigenvalue weighted by Gasteiger charge is 2.40. The fourth-order valence-corrected chi connectivity index (χ4v) is 3.12. The summed E-state index contributed by atoms with van der Waals surface area (Å²) in [5.74, 6) is -2.46. The highest BCUT2D eigenvalue weighted by atomic mass is 16.7. The lowest BCUT2D eigenvalue weighted by atomic mass is 9.94. The normalized spacial score (nSPS) is 25.3. The minimum atomic E-state index is -1.20. The van der Waals surface area contributed by atoms with Gasteiger partial charge in [0.1, 0.15) is 0 Å². The number of hydrogen-bond donors (Lipinski definition) is 0. The molecule has 0 amide bonds. The topological polar surface area (TPSA) is 55.8 Å². The fourth-order valence-electron chi connectivity index (χ4n) is 3.12. The van der Waals surface area contributed by atoms with E-state index in [1.54, 1.807) is 26.0 Å². The molecule has 5 heteroatoms. The number of carbonyl (C=O) groups is 2. The van der Waals surface area contributed by atoms with Crippen LogP contribution < -0.4 is 0 Å². The Morgan fingerprint density at radius 1 is 1.00 bits per heavy atom. The fraction of sp³-hybridized carbons (Fsp3) is 0.529. The predicted molar refractivity (Wildman–Crippen MR) is 80.3 cm³/mol. The molecule has 1 saturated carbocycles. The SMILES string of the molecule is CC1(C)OC(=O)C(=C2C=CN(C3CCCCC3)C=C2)C(=O)O1. The maximum absolute atomic E-state index is 12.0. The van der Waals surface area contributed by atoms with E-state index in [0.717, 1.165) is 0 Å². The molecule has 5 nitrogen and oxygen atoms in total. The molecule has 2 heterocycles. The third kappa shape index (κ3) is 2.93. The van der Waals surface area contributed by atoms with Gasteiger partial charge in [-0.3, -0.25) is 0 Å². The summed E-state index contributed by atoms with van der Waals surface area (Å²) in [6, 6.07) is 0.511. The lowest BCUT2D eigenvalue weighted by Crippen LogP contribution is -2.42. The van der Waals surface area contributed by atoms with Gasteiger partial charge < -0.3 is 14.4 Å². The van der Waals surface area contributed by atoms with Crippen LogP contribution in [0.1, 0.15) is 46.0 Å². The van der Waals surface area contributed by atoms with Crippen LogP contribution in [0.2, 0.25) is 0 Å². The third-order valence-electron chi connectivity index (χ3n) is 4.22. The molecule has 22 heavy (non-hydrogen) atoms. The molecule has 1 aliphatic carbocycles. The summed E-state index contributed by atoms with van der Waals surface area (Å²) >= 11 is 0. The Kier molecular flexibility index (Phi) is 3.81. The van der Waals surface area contributed by atoms with Crippen molar-refractivity contribution >= 4 is 11.9 Å². The summed E-state index contributed by atoms with van der Waals surface area (Å²) in [4.78, 5) is 26.2. The van der Waals surface area contributed by atoms with Gasteiger partial charge >= 0.3 is 11.9 Å². The Hall–Kier alpha value is -2.04. The van der Waals surface area contributed by atoms with Crippen LogP contribution in [0.25, 0.3) is 0 Å². The van der Waals surface area contributed by atoms with E-state index >= 15 is 0 Å². The first-order valence-corrected chi connectivity index (χ1v) is 7.81. The van der Waals surface area contributed by atoms with E-state index in [2.05, 4.69) is 4.90 Å². The molecule has 3 aliphatic rings. The van der Waals surface area contributed by atoms with Gasteiger partial charge in [0.15, 0.2) is 5.57 Å². The molecule has 1 saturated heterocycles. The summed E-state index contributed by atoms with van der Waals surface area (Å²) in [6.45, 7) is 3.09. The van der Waals surface area contributed by atoms with Gasteiger partial charge in [-0.1, -0.05) is 19.3 Å². The molecule has 118 valence electrons. The molecule has 0 unspecified atom stereocenters. The zero-order valence-corrected chi connectivity index (χ0v) is 13.0. The molecule has 0 spiro atoms. The minimum Gasteiger partial charge on any atom is -0.419 e. The summed E-state index contributed by atoms with van der Waals surface area (Å²) in [6.07, 6.45) is 13.6. The van der Waals surface area contributed by atoms with E-state index in [9.17, 15) is 9.59 Å². The number of esters is 2. The largest absolute Gasteiger partial charge is 0.419 e. The number of cyclic esters (lactones) is 2. The quantitative estimate of drug-likeness (QED) is 0.423. The van der Waals surface area contributed by atoms with Crippen LogP contribution in [0, 0.1) is 0 Å². The van der Waals surface area contributed by atoms with Crippen LogP contribution in [0.15, 0.2) is 35.7 Å². The number of carbonyl (C=O) groups excluding carboxylic acids is 2. The van der Waals surface area contributed by atoms with Crippen molar-refractivity contribution in [2.75, 3.05) is 0 Å². The van der Waals surface area contributed by atoms with Crippen molar-refractivity contribution < 1.29 is 19.1 Å². The molecule has 0 radical (unpaired) electrons. The Morgan fingerprint density at radius 3 is 2.09 bits per heavy atom. The number of rotatable bonds is 1. The molecular weight excluding hydrogens is 282 g/mol. The lowest BCUT2D eigenvalue weighted by Gasteiger charge is -2.33. The smallest absolute Gasteiger partial charge is 0.349 e. The standard InChI is InChI=1S/C17H21NO4/c1-17(2)21-15(19)14(16(20)22-17)12-8-10-18(11-9-12)13-6-4-3-5-7-13/h8-11,13H,3-7H2,1-2H3. The average Bonchev–Trinajstić information content (AvgIpc) is 2.47. The minimum absolute atomic E-state index is 0.0323. The molecule has 0 aromatic heterocycles. The number of nitrogens with zero attached hydrogens (tertiary/aromatic N) is 1. The highest BCUT2D eigenvalue weighted by molar-refractivity contribution is 6.16. The third-order valence-corrected chi connectivity index (χ3v) is 4.22. The van der Waals surface area contributed by atoms with Crippen molar-refractivity contribution in [1.82, 2.24) is 4.90 Å². The maximum atomic E-state index is 12.0. The zero-order chi connectivity index (χ0) is 15.7. The van der Waals surface area contributed by atoms with Gasteiger partial charge in [-0.2, -0.15) is 0 Å². The highest BCUT2D eigenvalue weighted by Crippen LogP contribution is 2.29. The lowest BCUT2D eigenvalue weighted by molar-refractivity contribution is -0.222. The van der Waals surface area contributed by atoms with Gasteiger partial charge in [0.2, 0.25) is 0 Å². The summed E-state index contributed by atoms with van der Waals surface area (Å²) in [5.41, 5.74) is 0.507. The monoisotopic (exact) mass is 303 g/mol. The van der Waals surface area contributed by atoms with Crippen molar-refractivity contribution in [1.29, 1.82) is 0 Å². The van der Waals surface area contributed by atoms with Crippen LogP contribution >= 0.6 is 0 Å². The van der Waals surface area contributed by atoms with Crippen LogP contribution in [0.5, 0.6) is 0 Å². The van der Waals surface area contributed by atoms with E-state index in [-0.39, 0.29) is 5.57 Å². The molecule has 0 aromatic rings. The zero-order valence-electron chi connectivity index (χ0n) is 13.0. The second-order valence-electron chi connectivity index (χ2n) is 6.38. The van der Waals surface area contributed by atoms with Crippen molar-refractivity contribution in [2.45, 2.75) is 57.8 Å². The molecule has 0 aromatic carbocycles. The van der Waals surface area contributed by atoms with Crippen molar-refractivity contribution in [3.8, 4) is 0 Å². The van der Waals surface area contributed by atoms with E-state index in [1.807, 2.05) is 12.4 Å². The maximum Gasteiger partial charge on any atom is 0.349 e. The molecule has 0 N–H and O–H groups in total. The van der Waals surface area contributed by atoms with Crippen LogP contribution in [0.4, 0.5) is 0 Å². The van der Waals surface area contributed by atoms with Gasteiger partial charge in [-0.15, -0.1) is 0 Å². The van der Waals surface area contributed by atoms with Gasteiger partial charge in [0.05, 0.1) is 0 Å². The van der Waals surface area contributed by atoms with Gasteiger partial charge in [0.25, 0.3) is 5.79 Å². The number of ether oxygens (including phenoxy) is 2. The van der Waals surface area contributed by atoms with E-state index in [1.165, 1.54) is 32.1 Å². The second kappa shape index (κ2) is 5.63. The Balaban J connectivity index is 1.78. The predicted octanol–water partition coefficient (Wildman–Crippen LogP) is 2.79. The molecule has 0 bridgehead atoms. The average molecular weight is 303 g/mol.